The smallest absolute Gasteiger partial charge is 0.227 e. The van der Waals surface area contributed by atoms with E-state index in [2.05, 4.69) is 22.5 Å². The third-order valence-electron chi connectivity index (χ3n) is 3.75. The van der Waals surface area contributed by atoms with Gasteiger partial charge in [-0.25, -0.2) is 4.98 Å². The van der Waals surface area contributed by atoms with Gasteiger partial charge < -0.3 is 15.1 Å². The highest BCUT2D eigenvalue weighted by atomic mass is 16.4. The Kier molecular flexibility index (Phi) is 4.01. The first-order valence-corrected chi connectivity index (χ1v) is 6.63. The zero-order valence-electron chi connectivity index (χ0n) is 11.1. The van der Waals surface area contributed by atoms with E-state index in [-0.39, 0.29) is 11.3 Å². The largest absolute Gasteiger partial charge is 0.444 e. The van der Waals surface area contributed by atoms with E-state index in [4.69, 9.17) is 4.42 Å². The van der Waals surface area contributed by atoms with Gasteiger partial charge in [0.05, 0.1) is 18.2 Å². The molecule has 1 aromatic heterocycles. The van der Waals surface area contributed by atoms with Gasteiger partial charge in [0.25, 0.3) is 0 Å². The van der Waals surface area contributed by atoms with Crippen LogP contribution in [0.25, 0.3) is 0 Å². The maximum absolute atomic E-state index is 12.2. The van der Waals surface area contributed by atoms with Crippen molar-refractivity contribution < 1.29 is 9.21 Å². The molecule has 0 aliphatic carbocycles. The van der Waals surface area contributed by atoms with Gasteiger partial charge in [-0.2, -0.15) is 0 Å². The second-order valence-electron chi connectivity index (χ2n) is 4.82. The van der Waals surface area contributed by atoms with Gasteiger partial charge in [0, 0.05) is 13.0 Å². The van der Waals surface area contributed by atoms with Gasteiger partial charge in [0.2, 0.25) is 11.8 Å². The molecule has 0 bridgehead atoms. The van der Waals surface area contributed by atoms with Gasteiger partial charge in [-0.3, -0.25) is 4.79 Å². The Balaban J connectivity index is 1.91. The molecule has 5 heteroatoms. The van der Waals surface area contributed by atoms with E-state index >= 15 is 0 Å². The maximum Gasteiger partial charge on any atom is 0.227 e. The van der Waals surface area contributed by atoms with Gasteiger partial charge in [-0.05, 0) is 19.4 Å². The van der Waals surface area contributed by atoms with Crippen molar-refractivity contribution in [3.05, 3.63) is 17.8 Å². The molecular weight excluding hydrogens is 230 g/mol. The second-order valence-corrected chi connectivity index (χ2v) is 4.82. The van der Waals surface area contributed by atoms with Crippen LogP contribution in [0.1, 0.15) is 38.3 Å². The van der Waals surface area contributed by atoms with Crippen LogP contribution in [-0.2, 0) is 17.8 Å². The molecule has 0 saturated carbocycles. The Hall–Kier alpha value is -1.36. The molecular formula is C13H21N3O2. The van der Waals surface area contributed by atoms with Crippen molar-refractivity contribution in [2.24, 2.45) is 5.41 Å². The lowest BCUT2D eigenvalue weighted by Gasteiger charge is -2.24. The first-order valence-electron chi connectivity index (χ1n) is 6.63. The molecule has 1 aliphatic heterocycles. The van der Waals surface area contributed by atoms with Crippen molar-refractivity contribution in [2.45, 2.75) is 39.7 Å². The lowest BCUT2D eigenvalue weighted by molar-refractivity contribution is -0.130. The fourth-order valence-electron chi connectivity index (χ4n) is 2.34. The predicted molar refractivity (Wildman–Crippen MR) is 67.9 cm³/mol. The number of amides is 1. The predicted octanol–water partition coefficient (Wildman–Crippen LogP) is 1.24. The molecule has 0 aromatic carbocycles. The molecule has 18 heavy (non-hydrogen) atoms. The number of rotatable bonds is 5. The summed E-state index contributed by atoms with van der Waals surface area (Å²) in [4.78, 5) is 16.4. The van der Waals surface area contributed by atoms with Gasteiger partial charge in [0.1, 0.15) is 5.76 Å². The summed E-state index contributed by atoms with van der Waals surface area (Å²) in [5.41, 5.74) is -0.250. The number of carbonyl (C=O) groups is 1. The number of nitrogens with one attached hydrogen (secondary N) is 2. The molecule has 1 amide bonds. The van der Waals surface area contributed by atoms with Crippen LogP contribution in [-0.4, -0.2) is 24.0 Å². The minimum atomic E-state index is -0.250. The lowest BCUT2D eigenvalue weighted by Crippen LogP contribution is -2.41. The molecule has 0 radical (unpaired) electrons. The minimum Gasteiger partial charge on any atom is -0.444 e. The molecule has 1 aromatic rings. The lowest BCUT2D eigenvalue weighted by atomic mass is 9.83. The first-order chi connectivity index (χ1) is 8.70. The standard InChI is InChI=1S/C13H21N3O2/c1-3-10-7-15-11(18-10)8-16-12(17)13(4-2)5-6-14-9-13/h7,14H,3-6,8-9H2,1-2H3,(H,16,17). The zero-order chi connectivity index (χ0) is 13.0. The van der Waals surface area contributed by atoms with Crippen LogP contribution in [0, 0.1) is 5.41 Å². The average Bonchev–Trinajstić information content (AvgIpc) is 3.05. The molecule has 1 unspecified atom stereocenters. The van der Waals surface area contributed by atoms with Crippen LogP contribution in [0.15, 0.2) is 10.6 Å². The van der Waals surface area contributed by atoms with Crippen LogP contribution in [0.4, 0.5) is 0 Å². The summed E-state index contributed by atoms with van der Waals surface area (Å²) in [7, 11) is 0. The molecule has 2 heterocycles. The highest BCUT2D eigenvalue weighted by Gasteiger charge is 2.39. The van der Waals surface area contributed by atoms with Gasteiger partial charge in [-0.1, -0.05) is 13.8 Å². The van der Waals surface area contributed by atoms with Gasteiger partial charge in [-0.15, -0.1) is 0 Å². The molecule has 100 valence electrons. The van der Waals surface area contributed by atoms with Crippen LogP contribution in [0.3, 0.4) is 0 Å². The number of hydrogen-bond donors (Lipinski definition) is 2. The highest BCUT2D eigenvalue weighted by Crippen LogP contribution is 2.29. The normalized spacial score (nSPS) is 23.2. The summed E-state index contributed by atoms with van der Waals surface area (Å²) >= 11 is 0. The van der Waals surface area contributed by atoms with E-state index in [9.17, 15) is 4.79 Å². The number of hydrogen-bond acceptors (Lipinski definition) is 4. The molecule has 5 nitrogen and oxygen atoms in total. The number of aryl methyl sites for hydroxylation is 1. The minimum absolute atomic E-state index is 0.103. The third kappa shape index (κ3) is 2.56. The maximum atomic E-state index is 12.2. The second kappa shape index (κ2) is 5.52. The monoisotopic (exact) mass is 251 g/mol. The van der Waals surface area contributed by atoms with E-state index in [1.54, 1.807) is 6.20 Å². The van der Waals surface area contributed by atoms with Crippen molar-refractivity contribution in [3.63, 3.8) is 0 Å². The highest BCUT2D eigenvalue weighted by molar-refractivity contribution is 5.83. The summed E-state index contributed by atoms with van der Waals surface area (Å²) in [6, 6.07) is 0. The van der Waals surface area contributed by atoms with E-state index in [0.29, 0.717) is 12.4 Å². The van der Waals surface area contributed by atoms with E-state index in [1.165, 1.54) is 0 Å². The Morgan fingerprint density at radius 2 is 2.44 bits per heavy atom. The molecule has 2 rings (SSSR count). The van der Waals surface area contributed by atoms with E-state index in [0.717, 1.165) is 38.1 Å². The van der Waals surface area contributed by atoms with Crippen molar-refractivity contribution >= 4 is 5.91 Å². The Morgan fingerprint density at radius 3 is 3.00 bits per heavy atom. The number of oxazole rings is 1. The summed E-state index contributed by atoms with van der Waals surface area (Å²) in [6.45, 7) is 6.13. The SMILES string of the molecule is CCc1cnc(CNC(=O)C2(CC)CCNC2)o1. The van der Waals surface area contributed by atoms with Crippen molar-refractivity contribution in [1.29, 1.82) is 0 Å². The summed E-state index contributed by atoms with van der Waals surface area (Å²) in [6.07, 6.45) is 4.30. The van der Waals surface area contributed by atoms with Crippen LogP contribution >= 0.6 is 0 Å². The Bertz CT molecular complexity index is 408. The number of nitrogens with zero attached hydrogens (tertiary/aromatic N) is 1. The van der Waals surface area contributed by atoms with Crippen LogP contribution < -0.4 is 10.6 Å². The van der Waals surface area contributed by atoms with Crippen LogP contribution in [0.5, 0.6) is 0 Å². The molecule has 1 atom stereocenters. The summed E-state index contributed by atoms with van der Waals surface area (Å²) in [5, 5.41) is 6.19. The van der Waals surface area contributed by atoms with Crippen molar-refractivity contribution in [2.75, 3.05) is 13.1 Å². The summed E-state index contributed by atoms with van der Waals surface area (Å²) < 4.78 is 5.47. The molecule has 0 spiro atoms. The van der Waals surface area contributed by atoms with Crippen LogP contribution in [0.2, 0.25) is 0 Å². The molecule has 1 aliphatic rings. The topological polar surface area (TPSA) is 67.2 Å². The Labute approximate surface area is 107 Å². The number of carbonyl (C=O) groups excluding carboxylic acids is 1. The molecule has 2 N–H and O–H groups in total. The fourth-order valence-corrected chi connectivity index (χ4v) is 2.34. The number of aromatic nitrogens is 1. The first kappa shape index (κ1) is 13.1. The van der Waals surface area contributed by atoms with Gasteiger partial charge >= 0.3 is 0 Å². The summed E-state index contributed by atoms with van der Waals surface area (Å²) in [5.74, 6) is 1.54. The van der Waals surface area contributed by atoms with E-state index in [1.807, 2.05) is 6.92 Å². The molecule has 1 fully saturated rings. The van der Waals surface area contributed by atoms with E-state index < -0.39 is 0 Å². The average molecular weight is 251 g/mol. The Morgan fingerprint density at radius 1 is 1.61 bits per heavy atom. The molecule has 1 saturated heterocycles. The van der Waals surface area contributed by atoms with Gasteiger partial charge in [0.15, 0.2) is 0 Å². The van der Waals surface area contributed by atoms with Crippen molar-refractivity contribution in [3.8, 4) is 0 Å². The third-order valence-corrected chi connectivity index (χ3v) is 3.75. The fraction of sp³-hybridized carbons (Fsp3) is 0.692. The quantitative estimate of drug-likeness (QED) is 0.826. The van der Waals surface area contributed by atoms with Crippen molar-refractivity contribution in [1.82, 2.24) is 15.6 Å². The zero-order valence-corrected chi connectivity index (χ0v) is 11.1.